The number of hydrogen-bond donors (Lipinski definition) is 1. The van der Waals surface area contributed by atoms with E-state index in [-0.39, 0.29) is 11.3 Å². The van der Waals surface area contributed by atoms with Gasteiger partial charge in [-0.3, -0.25) is 4.79 Å². The first kappa shape index (κ1) is 13.3. The Kier molecular flexibility index (Phi) is 3.61. The summed E-state index contributed by atoms with van der Waals surface area (Å²) in [7, 11) is 0. The van der Waals surface area contributed by atoms with Gasteiger partial charge in [-0.25, -0.2) is 4.79 Å². The van der Waals surface area contributed by atoms with Crippen LogP contribution in [0.5, 0.6) is 0 Å². The van der Waals surface area contributed by atoms with Crippen molar-refractivity contribution < 1.29 is 19.4 Å². The Morgan fingerprint density at radius 2 is 1.94 bits per heavy atom. The van der Waals surface area contributed by atoms with Crippen molar-refractivity contribution in [1.82, 2.24) is 4.90 Å². The second kappa shape index (κ2) is 4.88. The average Bonchev–Trinajstić information content (AvgIpc) is 2.76. The lowest BCUT2D eigenvalue weighted by molar-refractivity contribution is -0.156. The molecule has 0 radical (unpaired) electrons. The summed E-state index contributed by atoms with van der Waals surface area (Å²) in [6.45, 7) is 5.81. The number of nitrogens with zero attached hydrogens (tertiary/aromatic N) is 1. The summed E-state index contributed by atoms with van der Waals surface area (Å²) < 4.78 is 5.32. The first-order valence-corrected chi connectivity index (χ1v) is 6.56. The quantitative estimate of drug-likeness (QED) is 0.807. The predicted molar refractivity (Wildman–Crippen MR) is 65.1 cm³/mol. The molecule has 1 N–H and O–H groups in total. The highest BCUT2D eigenvalue weighted by atomic mass is 16.5. The first-order valence-electron chi connectivity index (χ1n) is 6.56. The number of carboxylic acid groups (broad SMARTS) is 1. The Hall–Kier alpha value is -1.10. The lowest BCUT2D eigenvalue weighted by atomic mass is 9.84. The normalized spacial score (nSPS) is 31.3. The molecule has 2 fully saturated rings. The highest BCUT2D eigenvalue weighted by Crippen LogP contribution is 2.30. The Labute approximate surface area is 107 Å². The fourth-order valence-electron chi connectivity index (χ4n) is 2.82. The summed E-state index contributed by atoms with van der Waals surface area (Å²) in [6.07, 6.45) is 1.72. The zero-order chi connectivity index (χ0) is 13.3. The molecule has 2 atom stereocenters. The van der Waals surface area contributed by atoms with Gasteiger partial charge in [0.2, 0.25) is 0 Å². The van der Waals surface area contributed by atoms with E-state index < -0.39 is 18.2 Å². The van der Waals surface area contributed by atoms with Crippen LogP contribution in [0.2, 0.25) is 0 Å². The van der Waals surface area contributed by atoms with Crippen LogP contribution in [0.4, 0.5) is 0 Å². The van der Waals surface area contributed by atoms with Crippen LogP contribution in [-0.4, -0.2) is 47.2 Å². The molecular formula is C13H21NO4. The van der Waals surface area contributed by atoms with E-state index in [4.69, 9.17) is 9.84 Å². The lowest BCUT2D eigenvalue weighted by Gasteiger charge is -2.39. The maximum Gasteiger partial charge on any atom is 0.332 e. The number of aliphatic carboxylic acids is 1. The number of rotatable bonds is 2. The molecule has 18 heavy (non-hydrogen) atoms. The Balaban J connectivity index is 1.94. The van der Waals surface area contributed by atoms with Crippen molar-refractivity contribution in [2.45, 2.75) is 51.7 Å². The van der Waals surface area contributed by atoms with Gasteiger partial charge in [-0.2, -0.15) is 0 Å². The minimum atomic E-state index is -0.968. The summed E-state index contributed by atoms with van der Waals surface area (Å²) in [5, 5.41) is 8.86. The van der Waals surface area contributed by atoms with Crippen LogP contribution >= 0.6 is 0 Å². The molecule has 0 aliphatic carbocycles. The van der Waals surface area contributed by atoms with E-state index in [1.807, 2.05) is 4.90 Å². The minimum absolute atomic E-state index is 0.0356. The highest BCUT2D eigenvalue weighted by molar-refractivity contribution is 5.82. The fourth-order valence-corrected chi connectivity index (χ4v) is 2.82. The van der Waals surface area contributed by atoms with Gasteiger partial charge in [0.25, 0.3) is 5.91 Å². The van der Waals surface area contributed by atoms with Crippen LogP contribution < -0.4 is 0 Å². The number of carbonyl (C=O) groups is 2. The Bertz CT molecular complexity index is 353. The topological polar surface area (TPSA) is 66.8 Å². The number of likely N-dealkylation sites (tertiary alicyclic amines) is 1. The van der Waals surface area contributed by atoms with Crippen molar-refractivity contribution >= 4 is 11.9 Å². The molecule has 2 aliphatic rings. The molecule has 2 rings (SSSR count). The van der Waals surface area contributed by atoms with Crippen LogP contribution in [-0.2, 0) is 14.3 Å². The maximum atomic E-state index is 12.3. The number of piperidine rings is 1. The molecule has 2 heterocycles. The first-order chi connectivity index (χ1) is 8.39. The van der Waals surface area contributed by atoms with E-state index in [1.54, 1.807) is 0 Å². The van der Waals surface area contributed by atoms with Gasteiger partial charge in [-0.05, 0) is 31.1 Å². The number of carboxylic acids is 1. The molecule has 5 nitrogen and oxygen atoms in total. The fraction of sp³-hybridized carbons (Fsp3) is 0.846. The van der Waals surface area contributed by atoms with Crippen LogP contribution in [0.3, 0.4) is 0 Å². The Morgan fingerprint density at radius 3 is 2.50 bits per heavy atom. The van der Waals surface area contributed by atoms with Crippen molar-refractivity contribution in [2.24, 2.45) is 5.41 Å². The molecule has 0 aromatic carbocycles. The van der Waals surface area contributed by atoms with Gasteiger partial charge in [-0.15, -0.1) is 0 Å². The third kappa shape index (κ3) is 2.83. The number of carbonyl (C=O) groups excluding carboxylic acids is 1. The number of hydrogen-bond acceptors (Lipinski definition) is 3. The number of ether oxygens (including phenoxy) is 1. The van der Waals surface area contributed by atoms with Gasteiger partial charge in [-0.1, -0.05) is 13.8 Å². The van der Waals surface area contributed by atoms with E-state index >= 15 is 0 Å². The molecule has 2 aliphatic heterocycles. The molecule has 102 valence electrons. The third-order valence-electron chi connectivity index (χ3n) is 3.78. The second-order valence-electron chi connectivity index (χ2n) is 6.06. The van der Waals surface area contributed by atoms with Crippen LogP contribution in [0.25, 0.3) is 0 Å². The predicted octanol–water partition coefficient (Wildman–Crippen LogP) is 1.27. The zero-order valence-electron chi connectivity index (χ0n) is 11.0. The molecule has 1 amide bonds. The molecule has 5 heteroatoms. The molecule has 0 aromatic rings. The van der Waals surface area contributed by atoms with E-state index in [1.165, 1.54) is 0 Å². The van der Waals surface area contributed by atoms with Gasteiger partial charge in [0.15, 0.2) is 6.10 Å². The van der Waals surface area contributed by atoms with E-state index in [0.717, 1.165) is 25.9 Å². The minimum Gasteiger partial charge on any atom is -0.479 e. The van der Waals surface area contributed by atoms with Crippen molar-refractivity contribution in [1.29, 1.82) is 0 Å². The van der Waals surface area contributed by atoms with Crippen molar-refractivity contribution in [2.75, 3.05) is 13.1 Å². The van der Waals surface area contributed by atoms with E-state index in [9.17, 15) is 9.59 Å². The summed E-state index contributed by atoms with van der Waals surface area (Å²) in [4.78, 5) is 24.9. The van der Waals surface area contributed by atoms with Gasteiger partial charge < -0.3 is 14.7 Å². The smallest absolute Gasteiger partial charge is 0.332 e. The lowest BCUT2D eigenvalue weighted by Crippen LogP contribution is -2.47. The molecule has 0 saturated carbocycles. The van der Waals surface area contributed by atoms with Gasteiger partial charge in [0.05, 0.1) is 0 Å². The van der Waals surface area contributed by atoms with Gasteiger partial charge in [0.1, 0.15) is 6.10 Å². The number of amides is 1. The molecule has 0 unspecified atom stereocenters. The summed E-state index contributed by atoms with van der Waals surface area (Å²) in [5.74, 6) is -1.00. The molecule has 0 spiro atoms. The molecule has 2 saturated heterocycles. The average molecular weight is 255 g/mol. The van der Waals surface area contributed by atoms with Crippen LogP contribution in [0, 0.1) is 5.41 Å². The Morgan fingerprint density at radius 1 is 1.28 bits per heavy atom. The van der Waals surface area contributed by atoms with Crippen LogP contribution in [0.15, 0.2) is 0 Å². The van der Waals surface area contributed by atoms with Gasteiger partial charge >= 0.3 is 5.97 Å². The molecular weight excluding hydrogens is 234 g/mol. The third-order valence-corrected chi connectivity index (χ3v) is 3.78. The van der Waals surface area contributed by atoms with E-state index in [0.29, 0.717) is 12.8 Å². The standard InChI is InChI=1S/C13H21NO4/c1-13(2)6-3-7-14(8-13)11(15)9-4-5-10(18-9)12(16)17/h9-10H,3-8H2,1-2H3,(H,16,17)/t9-,10+/m0/s1. The zero-order valence-corrected chi connectivity index (χ0v) is 11.0. The van der Waals surface area contributed by atoms with Crippen molar-refractivity contribution in [3.63, 3.8) is 0 Å². The largest absolute Gasteiger partial charge is 0.479 e. The maximum absolute atomic E-state index is 12.3. The van der Waals surface area contributed by atoms with Crippen LogP contribution in [0.1, 0.15) is 39.5 Å². The molecule has 0 aromatic heterocycles. The highest BCUT2D eigenvalue weighted by Gasteiger charge is 2.39. The molecule has 0 bridgehead atoms. The second-order valence-corrected chi connectivity index (χ2v) is 6.06. The van der Waals surface area contributed by atoms with Crippen molar-refractivity contribution in [3.8, 4) is 0 Å². The van der Waals surface area contributed by atoms with Gasteiger partial charge in [0, 0.05) is 13.1 Å². The summed E-state index contributed by atoms with van der Waals surface area (Å²) in [6, 6.07) is 0. The summed E-state index contributed by atoms with van der Waals surface area (Å²) >= 11 is 0. The van der Waals surface area contributed by atoms with E-state index in [2.05, 4.69) is 13.8 Å². The SMILES string of the molecule is CC1(C)CCCN(C(=O)[C@@H]2CC[C@H](C(=O)O)O2)C1. The van der Waals surface area contributed by atoms with Crippen molar-refractivity contribution in [3.05, 3.63) is 0 Å². The monoisotopic (exact) mass is 255 g/mol. The summed E-state index contributed by atoms with van der Waals surface area (Å²) in [5.41, 5.74) is 0.152.